The maximum Gasteiger partial charge on any atom is 0.254 e. The fraction of sp³-hybridized carbons (Fsp3) is 0.533. The normalized spacial score (nSPS) is 23.3. The molecule has 4 nitrogen and oxygen atoms in total. The summed E-state index contributed by atoms with van der Waals surface area (Å²) < 4.78 is 5.65. The van der Waals surface area contributed by atoms with E-state index in [4.69, 9.17) is 4.74 Å². The lowest BCUT2D eigenvalue weighted by Crippen LogP contribution is -2.48. The van der Waals surface area contributed by atoms with Crippen molar-refractivity contribution in [3.8, 4) is 0 Å². The van der Waals surface area contributed by atoms with Gasteiger partial charge in [0.1, 0.15) is 0 Å². The lowest BCUT2D eigenvalue weighted by molar-refractivity contribution is -0.0586. The molecule has 1 aromatic rings. The Hall–Kier alpha value is -1.55. The van der Waals surface area contributed by atoms with Gasteiger partial charge in [0.2, 0.25) is 0 Å². The minimum atomic E-state index is 0.0901. The Morgan fingerprint density at radius 1 is 1.16 bits per heavy atom. The molecule has 1 saturated heterocycles. The van der Waals surface area contributed by atoms with Crippen LogP contribution in [0.4, 0.5) is 5.69 Å². The highest BCUT2D eigenvalue weighted by molar-refractivity contribution is 5.94. The predicted octanol–water partition coefficient (Wildman–Crippen LogP) is 2.00. The molecule has 1 aromatic carbocycles. The van der Waals surface area contributed by atoms with Crippen LogP contribution < -0.4 is 4.90 Å². The van der Waals surface area contributed by atoms with Crippen LogP contribution in [0, 0.1) is 0 Å². The lowest BCUT2D eigenvalue weighted by atomic mass is 10.1. The molecule has 104 valence electrons. The van der Waals surface area contributed by atoms with Crippen LogP contribution in [0.3, 0.4) is 0 Å². The van der Waals surface area contributed by atoms with Gasteiger partial charge in [0.15, 0.2) is 0 Å². The number of carbonyl (C=O) groups is 1. The molecule has 19 heavy (non-hydrogen) atoms. The van der Waals surface area contributed by atoms with E-state index in [1.54, 1.807) is 0 Å². The fourth-order valence-corrected chi connectivity index (χ4v) is 2.43. The first-order chi connectivity index (χ1) is 8.97. The van der Waals surface area contributed by atoms with Crippen LogP contribution in [-0.2, 0) is 4.74 Å². The third-order valence-electron chi connectivity index (χ3n) is 3.34. The molecule has 0 aliphatic carbocycles. The summed E-state index contributed by atoms with van der Waals surface area (Å²) in [5.74, 6) is 0.0901. The summed E-state index contributed by atoms with van der Waals surface area (Å²) in [6.45, 7) is 5.34. The standard InChI is InChI=1S/C15H22N2O2/c1-11-9-17(10-12(2)19-11)15(18)13-5-7-14(8-6-13)16(3)4/h5-8,11-12H,9-10H2,1-4H3/t11-,12-/m0/s1. The zero-order valence-electron chi connectivity index (χ0n) is 12.1. The third kappa shape index (κ3) is 3.26. The molecular formula is C15H22N2O2. The molecule has 1 heterocycles. The number of carbonyl (C=O) groups excluding carboxylic acids is 1. The van der Waals surface area contributed by atoms with Gasteiger partial charge in [-0.1, -0.05) is 0 Å². The Balaban J connectivity index is 2.10. The van der Waals surface area contributed by atoms with Gasteiger partial charge in [-0.05, 0) is 38.1 Å². The number of rotatable bonds is 2. The highest BCUT2D eigenvalue weighted by Gasteiger charge is 2.26. The molecule has 2 rings (SSSR count). The van der Waals surface area contributed by atoms with E-state index in [2.05, 4.69) is 0 Å². The maximum atomic E-state index is 12.4. The van der Waals surface area contributed by atoms with Crippen molar-refractivity contribution in [2.45, 2.75) is 26.1 Å². The van der Waals surface area contributed by atoms with E-state index in [1.165, 1.54) is 0 Å². The smallest absolute Gasteiger partial charge is 0.254 e. The van der Waals surface area contributed by atoms with Crippen molar-refractivity contribution in [1.29, 1.82) is 0 Å². The summed E-state index contributed by atoms with van der Waals surface area (Å²) in [6.07, 6.45) is 0.211. The molecule has 0 saturated carbocycles. The molecule has 0 spiro atoms. The number of anilines is 1. The lowest BCUT2D eigenvalue weighted by Gasteiger charge is -2.35. The van der Waals surface area contributed by atoms with Crippen molar-refractivity contribution in [3.63, 3.8) is 0 Å². The highest BCUT2D eigenvalue weighted by atomic mass is 16.5. The van der Waals surface area contributed by atoms with Crippen LogP contribution in [-0.4, -0.2) is 50.2 Å². The van der Waals surface area contributed by atoms with Gasteiger partial charge in [-0.3, -0.25) is 4.79 Å². The maximum absolute atomic E-state index is 12.4. The van der Waals surface area contributed by atoms with E-state index in [0.717, 1.165) is 11.3 Å². The van der Waals surface area contributed by atoms with Crippen LogP contribution in [0.15, 0.2) is 24.3 Å². The van der Waals surface area contributed by atoms with E-state index in [0.29, 0.717) is 13.1 Å². The van der Waals surface area contributed by atoms with Crippen LogP contribution in [0.25, 0.3) is 0 Å². The summed E-state index contributed by atoms with van der Waals surface area (Å²) in [4.78, 5) is 16.3. The first-order valence-corrected chi connectivity index (χ1v) is 6.69. The highest BCUT2D eigenvalue weighted by Crippen LogP contribution is 2.17. The first-order valence-electron chi connectivity index (χ1n) is 6.69. The van der Waals surface area contributed by atoms with Crippen molar-refractivity contribution in [2.24, 2.45) is 0 Å². The summed E-state index contributed by atoms with van der Waals surface area (Å²) in [5.41, 5.74) is 1.84. The molecule has 1 aliphatic heterocycles. The van der Waals surface area contributed by atoms with E-state index in [1.807, 2.05) is 62.0 Å². The monoisotopic (exact) mass is 262 g/mol. The average Bonchev–Trinajstić information content (AvgIpc) is 2.37. The Labute approximate surface area is 115 Å². The quantitative estimate of drug-likeness (QED) is 0.817. The average molecular weight is 262 g/mol. The van der Waals surface area contributed by atoms with Gasteiger partial charge in [-0.15, -0.1) is 0 Å². The number of nitrogens with zero attached hydrogens (tertiary/aromatic N) is 2. The molecule has 2 atom stereocenters. The van der Waals surface area contributed by atoms with Crippen molar-refractivity contribution < 1.29 is 9.53 Å². The fourth-order valence-electron chi connectivity index (χ4n) is 2.43. The Morgan fingerprint density at radius 2 is 1.68 bits per heavy atom. The molecular weight excluding hydrogens is 240 g/mol. The SMILES string of the molecule is C[C@H]1CN(C(=O)c2ccc(N(C)C)cc2)C[C@H](C)O1. The number of ether oxygens (including phenoxy) is 1. The molecule has 0 bridgehead atoms. The van der Waals surface area contributed by atoms with E-state index in [-0.39, 0.29) is 18.1 Å². The Bertz CT molecular complexity index is 432. The summed E-state index contributed by atoms with van der Waals surface area (Å²) >= 11 is 0. The number of benzene rings is 1. The largest absolute Gasteiger partial charge is 0.378 e. The molecule has 0 radical (unpaired) electrons. The predicted molar refractivity (Wildman–Crippen MR) is 76.7 cm³/mol. The summed E-state index contributed by atoms with van der Waals surface area (Å²) in [7, 11) is 3.98. The second-order valence-corrected chi connectivity index (χ2v) is 5.41. The number of hydrogen-bond donors (Lipinski definition) is 0. The second-order valence-electron chi connectivity index (χ2n) is 5.41. The van der Waals surface area contributed by atoms with Crippen molar-refractivity contribution in [3.05, 3.63) is 29.8 Å². The van der Waals surface area contributed by atoms with Gasteiger partial charge in [-0.2, -0.15) is 0 Å². The number of hydrogen-bond acceptors (Lipinski definition) is 3. The zero-order chi connectivity index (χ0) is 14.0. The van der Waals surface area contributed by atoms with E-state index < -0.39 is 0 Å². The third-order valence-corrected chi connectivity index (χ3v) is 3.34. The van der Waals surface area contributed by atoms with Crippen LogP contribution in [0.2, 0.25) is 0 Å². The molecule has 1 amide bonds. The molecule has 4 heteroatoms. The van der Waals surface area contributed by atoms with Gasteiger partial charge in [-0.25, -0.2) is 0 Å². The number of morpholine rings is 1. The molecule has 1 aliphatic rings. The van der Waals surface area contributed by atoms with Gasteiger partial charge in [0, 0.05) is 38.4 Å². The molecule has 1 fully saturated rings. The van der Waals surface area contributed by atoms with Crippen LogP contribution in [0.1, 0.15) is 24.2 Å². The van der Waals surface area contributed by atoms with Gasteiger partial charge in [0.05, 0.1) is 12.2 Å². The molecule has 0 N–H and O–H groups in total. The minimum Gasteiger partial charge on any atom is -0.378 e. The Kier molecular flexibility index (Phi) is 4.10. The van der Waals surface area contributed by atoms with Crippen molar-refractivity contribution >= 4 is 11.6 Å². The van der Waals surface area contributed by atoms with Gasteiger partial charge < -0.3 is 14.5 Å². The van der Waals surface area contributed by atoms with Crippen LogP contribution in [0.5, 0.6) is 0 Å². The minimum absolute atomic E-state index is 0.0901. The van der Waals surface area contributed by atoms with Crippen molar-refractivity contribution in [2.75, 3.05) is 32.1 Å². The number of amides is 1. The first kappa shape index (κ1) is 13.9. The van der Waals surface area contributed by atoms with Crippen molar-refractivity contribution in [1.82, 2.24) is 4.90 Å². The van der Waals surface area contributed by atoms with Gasteiger partial charge in [0.25, 0.3) is 5.91 Å². The summed E-state index contributed by atoms with van der Waals surface area (Å²) in [6, 6.07) is 7.73. The molecule has 0 aromatic heterocycles. The van der Waals surface area contributed by atoms with Gasteiger partial charge >= 0.3 is 0 Å². The second kappa shape index (κ2) is 5.61. The van der Waals surface area contributed by atoms with E-state index >= 15 is 0 Å². The van der Waals surface area contributed by atoms with Crippen LogP contribution >= 0.6 is 0 Å². The molecule has 0 unspecified atom stereocenters. The van der Waals surface area contributed by atoms with E-state index in [9.17, 15) is 4.79 Å². The Morgan fingerprint density at radius 3 is 2.16 bits per heavy atom. The topological polar surface area (TPSA) is 32.8 Å². The zero-order valence-corrected chi connectivity index (χ0v) is 12.1. The summed E-state index contributed by atoms with van der Waals surface area (Å²) in [5, 5.41) is 0.